The first kappa shape index (κ1) is 15.7. The van der Waals surface area contributed by atoms with Crippen molar-refractivity contribution in [3.63, 3.8) is 0 Å². The maximum absolute atomic E-state index is 12.4. The highest BCUT2D eigenvalue weighted by atomic mass is 19.4. The molecule has 0 aromatic rings. The van der Waals surface area contributed by atoms with Gasteiger partial charge in [-0.05, 0) is 31.1 Å². The number of aliphatic hydroxyl groups excluding tert-OH is 1. The van der Waals surface area contributed by atoms with Gasteiger partial charge in [-0.1, -0.05) is 6.92 Å². The number of nitrogens with zero attached hydrogens (tertiary/aromatic N) is 1. The lowest BCUT2D eigenvalue weighted by atomic mass is 9.79. The first-order chi connectivity index (χ1) is 8.31. The van der Waals surface area contributed by atoms with Gasteiger partial charge in [0.1, 0.15) is 0 Å². The van der Waals surface area contributed by atoms with Crippen LogP contribution in [-0.4, -0.2) is 48.5 Å². The van der Waals surface area contributed by atoms with E-state index in [1.54, 1.807) is 0 Å². The van der Waals surface area contributed by atoms with Gasteiger partial charge in [0.05, 0.1) is 13.2 Å². The van der Waals surface area contributed by atoms with Gasteiger partial charge in [0.2, 0.25) is 0 Å². The SMILES string of the molecule is CC1CCC(N)C(CN(CCO)CC(F)(F)F)C1. The molecule has 3 nitrogen and oxygen atoms in total. The Bertz CT molecular complexity index is 248. The van der Waals surface area contributed by atoms with Crippen molar-refractivity contribution in [3.05, 3.63) is 0 Å². The zero-order valence-corrected chi connectivity index (χ0v) is 10.8. The highest BCUT2D eigenvalue weighted by Gasteiger charge is 2.33. The third kappa shape index (κ3) is 5.54. The number of aliphatic hydroxyl groups is 1. The fraction of sp³-hybridized carbons (Fsp3) is 1.00. The Morgan fingerprint density at radius 1 is 1.33 bits per heavy atom. The molecule has 1 saturated carbocycles. The molecule has 0 amide bonds. The molecule has 3 N–H and O–H groups in total. The van der Waals surface area contributed by atoms with Crippen LogP contribution in [0.1, 0.15) is 26.2 Å². The van der Waals surface area contributed by atoms with E-state index in [2.05, 4.69) is 6.92 Å². The minimum absolute atomic E-state index is 0.0179. The molecule has 0 heterocycles. The van der Waals surface area contributed by atoms with E-state index in [1.807, 2.05) is 0 Å². The fourth-order valence-electron chi connectivity index (χ4n) is 2.69. The smallest absolute Gasteiger partial charge is 0.395 e. The number of nitrogens with two attached hydrogens (primary N) is 1. The van der Waals surface area contributed by atoms with Gasteiger partial charge in [-0.25, -0.2) is 0 Å². The predicted molar refractivity (Wildman–Crippen MR) is 64.1 cm³/mol. The van der Waals surface area contributed by atoms with Crippen LogP contribution in [0.4, 0.5) is 13.2 Å². The first-order valence-corrected chi connectivity index (χ1v) is 6.47. The molecule has 3 unspecified atom stereocenters. The molecule has 0 bridgehead atoms. The molecule has 18 heavy (non-hydrogen) atoms. The average molecular weight is 268 g/mol. The summed E-state index contributed by atoms with van der Waals surface area (Å²) in [4.78, 5) is 1.27. The fourth-order valence-corrected chi connectivity index (χ4v) is 2.69. The number of rotatable bonds is 5. The van der Waals surface area contributed by atoms with E-state index in [4.69, 9.17) is 10.8 Å². The molecule has 0 saturated heterocycles. The minimum Gasteiger partial charge on any atom is -0.395 e. The molecule has 1 aliphatic rings. The quantitative estimate of drug-likeness (QED) is 0.796. The molecular formula is C12H23F3N2O. The van der Waals surface area contributed by atoms with Gasteiger partial charge < -0.3 is 10.8 Å². The van der Waals surface area contributed by atoms with Crippen molar-refractivity contribution in [2.24, 2.45) is 17.6 Å². The molecule has 3 atom stereocenters. The lowest BCUT2D eigenvalue weighted by Crippen LogP contribution is -2.46. The summed E-state index contributed by atoms with van der Waals surface area (Å²) in [5.41, 5.74) is 5.98. The maximum atomic E-state index is 12.4. The Morgan fingerprint density at radius 2 is 2.00 bits per heavy atom. The van der Waals surface area contributed by atoms with Crippen LogP contribution in [0.25, 0.3) is 0 Å². The molecule has 6 heteroatoms. The molecule has 0 aromatic carbocycles. The van der Waals surface area contributed by atoms with E-state index in [9.17, 15) is 13.2 Å². The van der Waals surface area contributed by atoms with Crippen LogP contribution < -0.4 is 5.73 Å². The summed E-state index contributed by atoms with van der Waals surface area (Å²) < 4.78 is 37.2. The van der Waals surface area contributed by atoms with Crippen molar-refractivity contribution in [1.82, 2.24) is 4.90 Å². The van der Waals surface area contributed by atoms with Gasteiger partial charge in [-0.3, -0.25) is 4.90 Å². The van der Waals surface area contributed by atoms with Crippen LogP contribution in [0, 0.1) is 11.8 Å². The van der Waals surface area contributed by atoms with E-state index < -0.39 is 12.7 Å². The van der Waals surface area contributed by atoms with Gasteiger partial charge in [-0.2, -0.15) is 13.2 Å². The molecule has 108 valence electrons. The highest BCUT2D eigenvalue weighted by molar-refractivity contribution is 4.83. The minimum atomic E-state index is -4.22. The number of halogens is 3. The standard InChI is InChI=1S/C12H23F3N2O/c1-9-2-3-11(16)10(6-9)7-17(4-5-18)8-12(13,14)15/h9-11,18H,2-8,16H2,1H3. The second-order valence-electron chi connectivity index (χ2n) is 5.42. The summed E-state index contributed by atoms with van der Waals surface area (Å²) in [5, 5.41) is 8.84. The van der Waals surface area contributed by atoms with E-state index >= 15 is 0 Å². The topological polar surface area (TPSA) is 49.5 Å². The van der Waals surface area contributed by atoms with E-state index in [1.165, 1.54) is 4.90 Å². The summed E-state index contributed by atoms with van der Waals surface area (Å²) >= 11 is 0. The monoisotopic (exact) mass is 268 g/mol. The summed E-state index contributed by atoms with van der Waals surface area (Å²) in [6.07, 6.45) is -1.41. The summed E-state index contributed by atoms with van der Waals surface area (Å²) in [6, 6.07) is -0.0179. The molecular weight excluding hydrogens is 245 g/mol. The van der Waals surface area contributed by atoms with Crippen LogP contribution in [0.15, 0.2) is 0 Å². The van der Waals surface area contributed by atoms with Crippen LogP contribution in [0.5, 0.6) is 0 Å². The van der Waals surface area contributed by atoms with Crippen molar-refractivity contribution >= 4 is 0 Å². The van der Waals surface area contributed by atoms with E-state index in [0.29, 0.717) is 12.5 Å². The lowest BCUT2D eigenvalue weighted by molar-refractivity contribution is -0.148. The van der Waals surface area contributed by atoms with E-state index in [-0.39, 0.29) is 25.1 Å². The van der Waals surface area contributed by atoms with Crippen LogP contribution >= 0.6 is 0 Å². The van der Waals surface area contributed by atoms with Crippen molar-refractivity contribution in [2.75, 3.05) is 26.2 Å². The van der Waals surface area contributed by atoms with Gasteiger partial charge in [-0.15, -0.1) is 0 Å². The molecule has 0 radical (unpaired) electrons. The normalized spacial score (nSPS) is 29.8. The number of hydrogen-bond acceptors (Lipinski definition) is 3. The molecule has 0 aromatic heterocycles. The largest absolute Gasteiger partial charge is 0.401 e. The lowest BCUT2D eigenvalue weighted by Gasteiger charge is -2.36. The second kappa shape index (κ2) is 6.73. The van der Waals surface area contributed by atoms with Gasteiger partial charge in [0.15, 0.2) is 0 Å². The first-order valence-electron chi connectivity index (χ1n) is 6.47. The Labute approximate surface area is 106 Å². The summed E-state index contributed by atoms with van der Waals surface area (Å²) in [6.45, 7) is 1.26. The third-order valence-corrected chi connectivity index (χ3v) is 3.62. The molecule has 1 fully saturated rings. The average Bonchev–Trinajstić information content (AvgIpc) is 2.21. The van der Waals surface area contributed by atoms with Gasteiger partial charge >= 0.3 is 6.18 Å². The molecule has 1 aliphatic carbocycles. The summed E-state index contributed by atoms with van der Waals surface area (Å²) in [5.74, 6) is 0.624. The Kier molecular flexibility index (Phi) is 5.88. The highest BCUT2D eigenvalue weighted by Crippen LogP contribution is 2.29. The Hall–Kier alpha value is -0.330. The number of alkyl halides is 3. The molecule has 0 spiro atoms. The van der Waals surface area contributed by atoms with Crippen molar-refractivity contribution in [2.45, 2.75) is 38.4 Å². The van der Waals surface area contributed by atoms with Crippen LogP contribution in [0.2, 0.25) is 0 Å². The van der Waals surface area contributed by atoms with Crippen LogP contribution in [-0.2, 0) is 0 Å². The second-order valence-corrected chi connectivity index (χ2v) is 5.42. The van der Waals surface area contributed by atoms with Gasteiger partial charge in [0.25, 0.3) is 0 Å². The zero-order chi connectivity index (χ0) is 13.8. The van der Waals surface area contributed by atoms with Crippen LogP contribution in [0.3, 0.4) is 0 Å². The van der Waals surface area contributed by atoms with Crippen molar-refractivity contribution < 1.29 is 18.3 Å². The van der Waals surface area contributed by atoms with Crippen molar-refractivity contribution in [1.29, 1.82) is 0 Å². The van der Waals surface area contributed by atoms with E-state index in [0.717, 1.165) is 19.3 Å². The number of hydrogen-bond donors (Lipinski definition) is 2. The Morgan fingerprint density at radius 3 is 2.56 bits per heavy atom. The third-order valence-electron chi connectivity index (χ3n) is 3.62. The molecule has 0 aliphatic heterocycles. The van der Waals surface area contributed by atoms with Crippen molar-refractivity contribution in [3.8, 4) is 0 Å². The predicted octanol–water partition coefficient (Wildman–Crippen LogP) is 1.61. The maximum Gasteiger partial charge on any atom is 0.401 e. The molecule has 1 rings (SSSR count). The summed E-state index contributed by atoms with van der Waals surface area (Å²) in [7, 11) is 0. The van der Waals surface area contributed by atoms with Gasteiger partial charge in [0, 0.05) is 19.1 Å². The zero-order valence-electron chi connectivity index (χ0n) is 10.8. The Balaban J connectivity index is 2.53.